The van der Waals surface area contributed by atoms with Crippen molar-refractivity contribution in [2.45, 2.75) is 64.3 Å². The summed E-state index contributed by atoms with van der Waals surface area (Å²) in [7, 11) is 0. The third kappa shape index (κ3) is 4.14. The molecule has 3 aromatic rings. The molecule has 2 atom stereocenters. The number of aromatic nitrogens is 2. The second-order valence-corrected chi connectivity index (χ2v) is 14.1. The van der Waals surface area contributed by atoms with Crippen LogP contribution in [0.3, 0.4) is 0 Å². The van der Waals surface area contributed by atoms with Gasteiger partial charge >= 0.3 is 0 Å². The molecule has 1 fully saturated rings. The molecule has 1 saturated heterocycles. The van der Waals surface area contributed by atoms with E-state index >= 15 is 0 Å². The zero-order valence-corrected chi connectivity index (χ0v) is 27.3. The van der Waals surface area contributed by atoms with E-state index in [1.807, 2.05) is 0 Å². The van der Waals surface area contributed by atoms with Crippen LogP contribution in [0.1, 0.15) is 80.9 Å². The standard InChI is InChI=1S/C43H35N5/c1-43(2)34-13-6-7-14-38(34)48(29-9-4-3-5-10-29)39-22-19-28(23-35(39)43)26-15-17-27(18-16-26)30-20-21-33-40-31(30)11-8-12-32(40)41-42(33)47-37(25-45)36(24-44)46-41/h4,6-7,9-11,13,15-18,20-23,28,38H,3,5,8,12,14,19H2,1-2H3. The molecule has 5 aliphatic carbocycles. The zero-order chi connectivity index (χ0) is 32.6. The summed E-state index contributed by atoms with van der Waals surface area (Å²) < 4.78 is 0. The highest BCUT2D eigenvalue weighted by molar-refractivity contribution is 5.89. The number of hydrogen-bond acceptors (Lipinski definition) is 5. The number of nitriles is 2. The first kappa shape index (κ1) is 28.7. The Morgan fingerprint density at radius 1 is 0.833 bits per heavy atom. The molecular weight excluding hydrogens is 587 g/mol. The molecule has 5 nitrogen and oxygen atoms in total. The summed E-state index contributed by atoms with van der Waals surface area (Å²) in [4.78, 5) is 11.8. The molecule has 0 radical (unpaired) electrons. The highest BCUT2D eigenvalue weighted by Crippen LogP contribution is 2.54. The Labute approximate surface area is 281 Å². The average molecular weight is 622 g/mol. The molecule has 2 unspecified atom stereocenters. The van der Waals surface area contributed by atoms with Gasteiger partial charge in [0.15, 0.2) is 11.4 Å². The zero-order valence-electron chi connectivity index (χ0n) is 27.3. The Morgan fingerprint density at radius 3 is 2.40 bits per heavy atom. The lowest BCUT2D eigenvalue weighted by Crippen LogP contribution is -2.47. The number of fused-ring (bicyclic) bond motifs is 5. The Bertz CT molecular complexity index is 2340. The summed E-state index contributed by atoms with van der Waals surface area (Å²) in [5.41, 5.74) is 13.1. The van der Waals surface area contributed by atoms with Gasteiger partial charge in [-0.15, -0.1) is 0 Å². The van der Waals surface area contributed by atoms with Crippen LogP contribution in [-0.2, 0) is 0 Å². The molecule has 0 spiro atoms. The van der Waals surface area contributed by atoms with E-state index in [1.165, 1.54) is 44.4 Å². The van der Waals surface area contributed by atoms with Crippen LogP contribution in [0, 0.1) is 28.1 Å². The Hall–Kier alpha value is -5.52. The van der Waals surface area contributed by atoms with E-state index in [0.717, 1.165) is 66.3 Å². The summed E-state index contributed by atoms with van der Waals surface area (Å²) in [6, 6.07) is 17.9. The fourth-order valence-corrected chi connectivity index (χ4v) is 8.83. The molecule has 0 bridgehead atoms. The lowest BCUT2D eigenvalue weighted by Gasteiger charge is -2.52. The van der Waals surface area contributed by atoms with Crippen LogP contribution in [0.15, 0.2) is 108 Å². The predicted molar refractivity (Wildman–Crippen MR) is 189 cm³/mol. The van der Waals surface area contributed by atoms with Crippen molar-refractivity contribution in [2.24, 2.45) is 5.41 Å². The maximum atomic E-state index is 9.59. The molecule has 0 amide bonds. The monoisotopic (exact) mass is 621 g/mol. The fourth-order valence-electron chi connectivity index (χ4n) is 8.83. The summed E-state index contributed by atoms with van der Waals surface area (Å²) >= 11 is 0. The van der Waals surface area contributed by atoms with Crippen molar-refractivity contribution >= 4 is 11.6 Å². The Kier molecular flexibility index (Phi) is 6.43. The van der Waals surface area contributed by atoms with Crippen LogP contribution >= 0.6 is 0 Å². The minimum atomic E-state index is -0.0459. The van der Waals surface area contributed by atoms with Gasteiger partial charge in [0.1, 0.15) is 12.1 Å². The molecule has 0 saturated carbocycles. The smallest absolute Gasteiger partial charge is 0.177 e. The van der Waals surface area contributed by atoms with Gasteiger partial charge in [0.05, 0.1) is 17.4 Å². The maximum absolute atomic E-state index is 9.59. The van der Waals surface area contributed by atoms with E-state index in [4.69, 9.17) is 0 Å². The number of hydrogen-bond donors (Lipinski definition) is 0. The third-order valence-electron chi connectivity index (χ3n) is 11.1. The lowest BCUT2D eigenvalue weighted by molar-refractivity contribution is 0.270. The molecule has 48 heavy (non-hydrogen) atoms. The van der Waals surface area contributed by atoms with E-state index < -0.39 is 0 Å². The van der Waals surface area contributed by atoms with Crippen LogP contribution in [0.25, 0.3) is 34.0 Å². The van der Waals surface area contributed by atoms with E-state index in [-0.39, 0.29) is 16.8 Å². The van der Waals surface area contributed by atoms with Crippen LogP contribution in [-0.4, -0.2) is 20.9 Å². The quantitative estimate of drug-likeness (QED) is 0.299. The van der Waals surface area contributed by atoms with Gasteiger partial charge in [-0.2, -0.15) is 10.5 Å². The van der Waals surface area contributed by atoms with Crippen molar-refractivity contribution in [2.75, 3.05) is 0 Å². The summed E-state index contributed by atoms with van der Waals surface area (Å²) in [6.45, 7) is 4.82. The largest absolute Gasteiger partial charge is 0.334 e. The predicted octanol–water partition coefficient (Wildman–Crippen LogP) is 7.77. The summed E-state index contributed by atoms with van der Waals surface area (Å²) in [6.07, 6.45) is 27.4. The minimum Gasteiger partial charge on any atom is -0.334 e. The van der Waals surface area contributed by atoms with Crippen molar-refractivity contribution in [3.05, 3.63) is 141 Å². The van der Waals surface area contributed by atoms with E-state index in [2.05, 4.69) is 132 Å². The van der Waals surface area contributed by atoms with Crippen molar-refractivity contribution in [1.82, 2.24) is 14.9 Å². The number of piperidine rings is 1. The highest BCUT2D eigenvalue weighted by atomic mass is 15.2. The molecule has 232 valence electrons. The second kappa shape index (κ2) is 10.8. The van der Waals surface area contributed by atoms with Gasteiger partial charge in [0, 0.05) is 28.3 Å². The lowest BCUT2D eigenvalue weighted by atomic mass is 9.65. The van der Waals surface area contributed by atoms with Gasteiger partial charge in [-0.1, -0.05) is 98.9 Å². The molecule has 5 heteroatoms. The molecule has 9 rings (SSSR count). The van der Waals surface area contributed by atoms with Crippen molar-refractivity contribution < 1.29 is 0 Å². The molecule has 0 N–H and O–H groups in total. The van der Waals surface area contributed by atoms with Crippen LogP contribution in [0.2, 0.25) is 0 Å². The van der Waals surface area contributed by atoms with Crippen molar-refractivity contribution in [1.29, 1.82) is 10.5 Å². The van der Waals surface area contributed by atoms with E-state index in [9.17, 15) is 10.5 Å². The maximum Gasteiger partial charge on any atom is 0.177 e. The van der Waals surface area contributed by atoms with Crippen molar-refractivity contribution in [3.8, 4) is 34.5 Å². The normalized spacial score (nSPS) is 22.4. The average Bonchev–Trinajstić information content (AvgIpc) is 3.45. The van der Waals surface area contributed by atoms with Crippen LogP contribution in [0.4, 0.5) is 0 Å². The first-order chi connectivity index (χ1) is 23.5. The van der Waals surface area contributed by atoms with Crippen LogP contribution in [0.5, 0.6) is 0 Å². The minimum absolute atomic E-state index is 0.0459. The van der Waals surface area contributed by atoms with Crippen molar-refractivity contribution in [3.63, 3.8) is 0 Å². The Morgan fingerprint density at radius 2 is 1.62 bits per heavy atom. The SMILES string of the molecule is CC1(C)C2=CC(c3ccc(-c4ccc5c6c4=CCCC=6c4nc(C#N)c(C#N)nc4-5)cc3)CC=C2N(C2=CCCC=C2)C2CC=CC=C21. The van der Waals surface area contributed by atoms with E-state index in [0.29, 0.717) is 12.0 Å². The third-order valence-corrected chi connectivity index (χ3v) is 11.1. The van der Waals surface area contributed by atoms with Crippen LogP contribution < -0.4 is 10.4 Å². The van der Waals surface area contributed by atoms with Gasteiger partial charge < -0.3 is 4.90 Å². The number of nitrogens with zero attached hydrogens (tertiary/aromatic N) is 5. The molecule has 2 aromatic carbocycles. The first-order valence-corrected chi connectivity index (χ1v) is 17.1. The number of allylic oxidation sites excluding steroid dienone is 8. The van der Waals surface area contributed by atoms with Gasteiger partial charge in [-0.05, 0) is 88.4 Å². The second-order valence-electron chi connectivity index (χ2n) is 14.1. The summed E-state index contributed by atoms with van der Waals surface area (Å²) in [5.74, 6) is 0.311. The molecular formula is C43H35N5. The van der Waals surface area contributed by atoms with E-state index in [1.54, 1.807) is 0 Å². The highest BCUT2D eigenvalue weighted by Gasteiger charge is 2.46. The molecule has 1 aromatic heterocycles. The fraction of sp³-hybridized carbons (Fsp3) is 0.256. The topological polar surface area (TPSA) is 76.6 Å². The van der Waals surface area contributed by atoms with Gasteiger partial charge in [-0.3, -0.25) is 0 Å². The van der Waals surface area contributed by atoms with Gasteiger partial charge in [-0.25, -0.2) is 9.97 Å². The molecule has 2 heterocycles. The number of likely N-dealkylation sites (tertiary alicyclic amines) is 1. The number of benzene rings is 2. The number of rotatable bonds is 3. The molecule has 1 aliphatic heterocycles. The first-order valence-electron chi connectivity index (χ1n) is 17.1. The van der Waals surface area contributed by atoms with Gasteiger partial charge in [0.25, 0.3) is 0 Å². The van der Waals surface area contributed by atoms with Gasteiger partial charge in [0.2, 0.25) is 0 Å². The molecule has 6 aliphatic rings. The Balaban J connectivity index is 1.08. The summed E-state index contributed by atoms with van der Waals surface area (Å²) in [5, 5.41) is 21.5.